The van der Waals surface area contributed by atoms with Gasteiger partial charge >= 0.3 is 5.97 Å². The fraction of sp³-hybridized carbons (Fsp3) is 0.148. The Labute approximate surface area is 215 Å². The molecule has 0 bridgehead atoms. The molecule has 37 heavy (non-hydrogen) atoms. The number of rotatable bonds is 11. The van der Waals surface area contributed by atoms with E-state index in [4.69, 9.17) is 14.3 Å². The lowest BCUT2D eigenvalue weighted by molar-refractivity contribution is -0.136. The van der Waals surface area contributed by atoms with Crippen LogP contribution in [0, 0.1) is 11.6 Å². The number of carbonyl (C=O) groups excluding carboxylic acids is 1. The molecule has 2 N–H and O–H groups in total. The fourth-order valence-electron chi connectivity index (χ4n) is 3.66. The normalized spacial score (nSPS) is 11.8. The van der Waals surface area contributed by atoms with Crippen molar-refractivity contribution in [3.63, 3.8) is 0 Å². The Hall–Kier alpha value is -4.02. The molecule has 3 aromatic carbocycles. The molecule has 0 fully saturated rings. The number of nitrogens with zero attached hydrogens (tertiary/aromatic N) is 1. The van der Waals surface area contributed by atoms with E-state index in [9.17, 15) is 18.4 Å². The van der Waals surface area contributed by atoms with E-state index in [1.54, 1.807) is 54.8 Å². The zero-order valence-electron chi connectivity index (χ0n) is 19.6. The van der Waals surface area contributed by atoms with Crippen LogP contribution in [0.1, 0.15) is 27.9 Å². The smallest absolute Gasteiger partial charge is 0.317 e. The molecule has 10 heteroatoms. The first-order valence-corrected chi connectivity index (χ1v) is 12.3. The van der Waals surface area contributed by atoms with Crippen molar-refractivity contribution in [3.8, 4) is 16.9 Å². The summed E-state index contributed by atoms with van der Waals surface area (Å²) < 4.78 is 38.5. The molecule has 0 aliphatic rings. The molecule has 1 unspecified atom stereocenters. The zero-order valence-corrected chi connectivity index (χ0v) is 20.4. The van der Waals surface area contributed by atoms with Crippen LogP contribution >= 0.6 is 11.8 Å². The second kappa shape index (κ2) is 11.8. The van der Waals surface area contributed by atoms with Gasteiger partial charge in [-0.3, -0.25) is 14.9 Å². The van der Waals surface area contributed by atoms with Gasteiger partial charge in [-0.15, -0.1) is 11.8 Å². The molecule has 0 amide bonds. The summed E-state index contributed by atoms with van der Waals surface area (Å²) in [7, 11) is 0. The van der Waals surface area contributed by atoms with E-state index in [1.807, 2.05) is 0 Å². The predicted octanol–water partition coefficient (Wildman–Crippen LogP) is 5.52. The molecule has 1 atom stereocenters. The van der Waals surface area contributed by atoms with Crippen molar-refractivity contribution in [2.75, 3.05) is 12.8 Å². The molecule has 1 aromatic heterocycles. The molecule has 0 aliphatic carbocycles. The lowest BCUT2D eigenvalue weighted by Crippen LogP contribution is -2.33. The number of benzene rings is 3. The van der Waals surface area contributed by atoms with Gasteiger partial charge in [-0.2, -0.15) is 0 Å². The van der Waals surface area contributed by atoms with E-state index >= 15 is 0 Å². The standard InChI is InChI=1S/C27H22F2N2O5S/c1-37-23-13-22(29)21(28)12-20(23)17-5-7-19(8-6-17)36-15-16-3-2-4-18(11-16)26(34)25(31-14-24(32)33)27-30-9-10-35-27/h2-13,25,31H,14-15H2,1H3,(H,32,33). The highest BCUT2D eigenvalue weighted by Gasteiger charge is 2.26. The maximum Gasteiger partial charge on any atom is 0.317 e. The fourth-order valence-corrected chi connectivity index (χ4v) is 4.28. The average Bonchev–Trinajstić information content (AvgIpc) is 3.44. The highest BCUT2D eigenvalue weighted by Crippen LogP contribution is 2.33. The SMILES string of the molecule is CSc1cc(F)c(F)cc1-c1ccc(OCc2cccc(C(=O)C(NCC(=O)O)c3ncco3)c2)cc1. The number of oxazole rings is 1. The van der Waals surface area contributed by atoms with Crippen LogP contribution in [0.4, 0.5) is 8.78 Å². The van der Waals surface area contributed by atoms with E-state index in [0.29, 0.717) is 27.3 Å². The third-order valence-electron chi connectivity index (χ3n) is 5.44. The molecule has 4 aromatic rings. The van der Waals surface area contributed by atoms with Crippen LogP contribution in [0.3, 0.4) is 0 Å². The van der Waals surface area contributed by atoms with Gasteiger partial charge in [0.25, 0.3) is 0 Å². The first-order valence-electron chi connectivity index (χ1n) is 11.1. The van der Waals surface area contributed by atoms with Crippen molar-refractivity contribution in [1.29, 1.82) is 0 Å². The number of ketones is 1. The third kappa shape index (κ3) is 6.41. The van der Waals surface area contributed by atoms with Gasteiger partial charge in [0.2, 0.25) is 5.89 Å². The number of thioether (sulfide) groups is 1. The Kier molecular flexibility index (Phi) is 8.32. The molecule has 4 rings (SSSR count). The average molecular weight is 525 g/mol. The van der Waals surface area contributed by atoms with Crippen LogP contribution in [-0.2, 0) is 11.4 Å². The van der Waals surface area contributed by atoms with Crippen LogP contribution in [0.5, 0.6) is 5.75 Å². The largest absolute Gasteiger partial charge is 0.489 e. The van der Waals surface area contributed by atoms with Crippen LogP contribution < -0.4 is 10.1 Å². The first-order chi connectivity index (χ1) is 17.9. The Morgan fingerprint density at radius 1 is 1.11 bits per heavy atom. The molecule has 0 saturated carbocycles. The van der Waals surface area contributed by atoms with E-state index in [1.165, 1.54) is 36.4 Å². The number of carbonyl (C=O) groups is 2. The number of hydrogen-bond acceptors (Lipinski definition) is 7. The summed E-state index contributed by atoms with van der Waals surface area (Å²) >= 11 is 1.33. The van der Waals surface area contributed by atoms with Gasteiger partial charge in [0.05, 0.1) is 12.7 Å². The number of halogens is 2. The van der Waals surface area contributed by atoms with Gasteiger partial charge in [-0.05, 0) is 53.3 Å². The van der Waals surface area contributed by atoms with Gasteiger partial charge in [-0.1, -0.05) is 30.3 Å². The molecule has 7 nitrogen and oxygen atoms in total. The molecule has 1 heterocycles. The number of Topliss-reactive ketones (excluding diaryl/α,β-unsaturated/α-hetero) is 1. The summed E-state index contributed by atoms with van der Waals surface area (Å²) in [6.45, 7) is -0.283. The topological polar surface area (TPSA) is 102 Å². The van der Waals surface area contributed by atoms with E-state index in [-0.39, 0.29) is 12.5 Å². The van der Waals surface area contributed by atoms with E-state index in [2.05, 4.69) is 10.3 Å². The number of carboxylic acids is 1. The summed E-state index contributed by atoms with van der Waals surface area (Å²) in [5.41, 5.74) is 2.35. The molecular weight excluding hydrogens is 502 g/mol. The minimum atomic E-state index is -1.12. The predicted molar refractivity (Wildman–Crippen MR) is 134 cm³/mol. The monoisotopic (exact) mass is 524 g/mol. The Morgan fingerprint density at radius 3 is 2.54 bits per heavy atom. The highest BCUT2D eigenvalue weighted by molar-refractivity contribution is 7.98. The van der Waals surface area contributed by atoms with Crippen molar-refractivity contribution in [3.05, 3.63) is 102 Å². The summed E-state index contributed by atoms with van der Waals surface area (Å²) in [6.07, 6.45) is 4.48. The number of hydrogen-bond donors (Lipinski definition) is 2. The highest BCUT2D eigenvalue weighted by atomic mass is 32.2. The number of ether oxygens (including phenoxy) is 1. The lowest BCUT2D eigenvalue weighted by Gasteiger charge is -2.14. The lowest BCUT2D eigenvalue weighted by atomic mass is 10.0. The zero-order chi connectivity index (χ0) is 26.4. The minimum Gasteiger partial charge on any atom is -0.489 e. The van der Waals surface area contributed by atoms with Crippen molar-refractivity contribution in [1.82, 2.24) is 10.3 Å². The number of nitrogens with one attached hydrogen (secondary N) is 1. The first kappa shape index (κ1) is 26.1. The van der Waals surface area contributed by atoms with Gasteiger partial charge in [0.15, 0.2) is 17.4 Å². The van der Waals surface area contributed by atoms with Gasteiger partial charge in [0, 0.05) is 10.5 Å². The molecule has 0 radical (unpaired) electrons. The minimum absolute atomic E-state index is 0.0682. The van der Waals surface area contributed by atoms with E-state index < -0.39 is 36.0 Å². The molecule has 0 saturated heterocycles. The van der Waals surface area contributed by atoms with Crippen molar-refractivity contribution in [2.24, 2.45) is 0 Å². The number of aromatic nitrogens is 1. The number of carboxylic acid groups (broad SMARTS) is 1. The molecular formula is C27H22F2N2O5S. The second-order valence-corrected chi connectivity index (χ2v) is 8.77. The van der Waals surface area contributed by atoms with Gasteiger partial charge in [-0.25, -0.2) is 13.8 Å². The van der Waals surface area contributed by atoms with Crippen LogP contribution in [0.25, 0.3) is 11.1 Å². The Balaban J connectivity index is 1.46. The van der Waals surface area contributed by atoms with Crippen molar-refractivity contribution >= 4 is 23.5 Å². The maximum atomic E-state index is 13.8. The van der Waals surface area contributed by atoms with Crippen LogP contribution in [-0.4, -0.2) is 34.6 Å². The summed E-state index contributed by atoms with van der Waals surface area (Å²) in [4.78, 5) is 28.7. The maximum absolute atomic E-state index is 13.8. The molecule has 190 valence electrons. The second-order valence-electron chi connectivity index (χ2n) is 7.92. The molecule has 0 aliphatic heterocycles. The Morgan fingerprint density at radius 2 is 1.86 bits per heavy atom. The van der Waals surface area contributed by atoms with Crippen LogP contribution in [0.2, 0.25) is 0 Å². The Bertz CT molecular complexity index is 1390. The van der Waals surface area contributed by atoms with E-state index in [0.717, 1.165) is 5.56 Å². The summed E-state index contributed by atoms with van der Waals surface area (Å²) in [5.74, 6) is -2.70. The molecule has 0 spiro atoms. The summed E-state index contributed by atoms with van der Waals surface area (Å²) in [5, 5.41) is 11.6. The third-order valence-corrected chi connectivity index (χ3v) is 6.22. The van der Waals surface area contributed by atoms with Crippen molar-refractivity contribution < 1.29 is 32.6 Å². The van der Waals surface area contributed by atoms with Gasteiger partial charge in [0.1, 0.15) is 24.7 Å². The quantitative estimate of drug-likeness (QED) is 0.195. The number of aliphatic carboxylic acids is 1. The summed E-state index contributed by atoms with van der Waals surface area (Å²) in [6, 6.07) is 15.0. The van der Waals surface area contributed by atoms with Crippen LogP contribution in [0.15, 0.2) is 82.4 Å². The van der Waals surface area contributed by atoms with Gasteiger partial charge < -0.3 is 14.3 Å². The van der Waals surface area contributed by atoms with Crippen molar-refractivity contribution in [2.45, 2.75) is 17.5 Å².